The van der Waals surface area contributed by atoms with Crippen molar-refractivity contribution in [3.05, 3.63) is 151 Å². The fourth-order valence-corrected chi connectivity index (χ4v) is 16.9. The number of carbonyl (C=O) groups excluding carboxylic acids is 3. The number of halogens is 4. The lowest BCUT2D eigenvalue weighted by molar-refractivity contribution is -0.134. The number of aliphatic hydroxyl groups excluding tert-OH is 3. The summed E-state index contributed by atoms with van der Waals surface area (Å²) in [6.07, 6.45) is 6.75. The van der Waals surface area contributed by atoms with E-state index in [-0.39, 0.29) is 59.7 Å². The number of rotatable bonds is 17. The minimum absolute atomic E-state index is 0.0134. The number of hydrogen-bond donors (Lipinski definition) is 5. The number of fused-ring (bicyclic) bond motifs is 3. The third-order valence-electron chi connectivity index (χ3n) is 22.2. The average Bonchev–Trinajstić information content (AvgIpc) is 1.20. The van der Waals surface area contributed by atoms with E-state index in [0.29, 0.717) is 132 Å². The van der Waals surface area contributed by atoms with E-state index in [1.54, 1.807) is 35.5 Å². The molecule has 14 rings (SSSR count). The van der Waals surface area contributed by atoms with Gasteiger partial charge in [-0.15, -0.1) is 0 Å². The first-order valence-corrected chi connectivity index (χ1v) is 38.5. The van der Waals surface area contributed by atoms with Gasteiger partial charge in [-0.05, 0) is 111 Å². The molecule has 3 amide bonds. The fraction of sp³-hybridized carbons (Fsp3) is 0.566. The van der Waals surface area contributed by atoms with Crippen LogP contribution in [0.1, 0.15) is 171 Å². The first-order chi connectivity index (χ1) is 50.2. The summed E-state index contributed by atoms with van der Waals surface area (Å²) >= 11 is 6.78. The van der Waals surface area contributed by atoms with Crippen molar-refractivity contribution in [2.45, 2.75) is 133 Å². The number of ether oxygens (including phenoxy) is 2. The summed E-state index contributed by atoms with van der Waals surface area (Å²) in [5, 5.41) is 34.5. The van der Waals surface area contributed by atoms with Crippen LogP contribution in [0.2, 0.25) is 0 Å². The molecule has 9 atom stereocenters. The lowest BCUT2D eigenvalue weighted by Gasteiger charge is -2.40. The van der Waals surface area contributed by atoms with Gasteiger partial charge in [0.1, 0.15) is 42.3 Å². The SMILES string of the molecule is CC(C)N1CCN(C[C@@H](C(=O)N2CCN(c3ncnc4c3[C@H](C)C[C@H]4O)CC2)c2ccc(Br)cc2)CC1.COc1ccc([C@@H](CNC2CCOCC2)C(=O)N2CCN(c3ncnc4c3[C@H](C)C[C@@H]4O)CC2)cc1F.C[C@@H]1C[C@H](O)c2ncnc(N3CCN(C(=O)[C@H](CN)c4ccc(Br)cc4F)CC3)c21. The maximum Gasteiger partial charge on any atom is 0.231 e. The van der Waals surface area contributed by atoms with Crippen LogP contribution in [-0.2, 0) is 19.1 Å². The van der Waals surface area contributed by atoms with Gasteiger partial charge < -0.3 is 65.2 Å². The van der Waals surface area contributed by atoms with Crippen molar-refractivity contribution in [3.8, 4) is 5.75 Å². The van der Waals surface area contributed by atoms with Crippen LogP contribution in [0.15, 0.2) is 88.6 Å². The summed E-state index contributed by atoms with van der Waals surface area (Å²) in [5.74, 6) is 1.14. The number of aliphatic hydroxyl groups is 3. The molecule has 6 aromatic rings. The van der Waals surface area contributed by atoms with Gasteiger partial charge in [-0.2, -0.15) is 0 Å². The number of nitrogens with two attached hydrogens (primary N) is 1. The maximum absolute atomic E-state index is 14.6. The number of methoxy groups -OCH3 is 1. The summed E-state index contributed by atoms with van der Waals surface area (Å²) in [6, 6.07) is 18.6. The van der Waals surface area contributed by atoms with Gasteiger partial charge in [0.25, 0.3) is 0 Å². The van der Waals surface area contributed by atoms with Gasteiger partial charge in [0.15, 0.2) is 11.6 Å². The van der Waals surface area contributed by atoms with Crippen molar-refractivity contribution in [2.75, 3.05) is 159 Å². The third-order valence-corrected chi connectivity index (χ3v) is 23.3. The Hall–Kier alpha value is -6.99. The van der Waals surface area contributed by atoms with Crippen LogP contribution >= 0.6 is 31.9 Å². The Balaban J connectivity index is 0.000000148. The van der Waals surface area contributed by atoms with Crippen molar-refractivity contribution < 1.29 is 48.0 Å². The molecule has 560 valence electrons. The quantitative estimate of drug-likeness (QED) is 0.0580. The summed E-state index contributed by atoms with van der Waals surface area (Å²) in [6.45, 7) is 24.9. The summed E-state index contributed by atoms with van der Waals surface area (Å²) in [7, 11) is 1.43. The number of anilines is 3. The van der Waals surface area contributed by atoms with Crippen LogP contribution in [0.3, 0.4) is 0 Å². The summed E-state index contributed by atoms with van der Waals surface area (Å²) < 4.78 is 41.2. The Labute approximate surface area is 625 Å². The zero-order chi connectivity index (χ0) is 73.5. The molecule has 3 aromatic heterocycles. The van der Waals surface area contributed by atoms with E-state index in [2.05, 4.69) is 138 Å². The lowest BCUT2D eigenvalue weighted by atomic mass is 9.95. The minimum atomic E-state index is -0.705. The minimum Gasteiger partial charge on any atom is -0.494 e. The molecule has 24 nitrogen and oxygen atoms in total. The van der Waals surface area contributed by atoms with Crippen LogP contribution in [0, 0.1) is 11.6 Å². The zero-order valence-electron chi connectivity index (χ0n) is 60.5. The number of nitrogens with one attached hydrogen (secondary N) is 1. The highest BCUT2D eigenvalue weighted by molar-refractivity contribution is 9.10. The normalized spacial score (nSPS) is 23.1. The van der Waals surface area contributed by atoms with Gasteiger partial charge >= 0.3 is 0 Å². The van der Waals surface area contributed by atoms with E-state index in [0.717, 1.165) is 114 Å². The average molecular weight is 1560 g/mol. The number of benzene rings is 3. The summed E-state index contributed by atoms with van der Waals surface area (Å²) in [4.78, 5) is 84.6. The molecule has 8 aliphatic rings. The van der Waals surface area contributed by atoms with E-state index in [1.165, 1.54) is 31.9 Å². The van der Waals surface area contributed by atoms with E-state index < -0.39 is 41.8 Å². The topological polar surface area (TPSA) is 272 Å². The predicted octanol–water partition coefficient (Wildman–Crippen LogP) is 7.91. The van der Waals surface area contributed by atoms with Gasteiger partial charge in [-0.3, -0.25) is 24.2 Å². The Morgan fingerprint density at radius 1 is 0.558 bits per heavy atom. The molecule has 28 heteroatoms. The Kier molecular flexibility index (Phi) is 25.6. The van der Waals surface area contributed by atoms with E-state index in [4.69, 9.17) is 15.2 Å². The van der Waals surface area contributed by atoms with Crippen LogP contribution < -0.4 is 30.5 Å². The van der Waals surface area contributed by atoms with Crippen LogP contribution in [0.4, 0.5) is 26.2 Å². The van der Waals surface area contributed by atoms with Gasteiger partial charge in [-0.25, -0.2) is 38.7 Å². The molecule has 0 saturated carbocycles. The molecule has 8 heterocycles. The molecule has 0 radical (unpaired) electrons. The number of carbonyl (C=O) groups is 3. The van der Waals surface area contributed by atoms with Crippen LogP contribution in [0.25, 0.3) is 0 Å². The number of hydrogen-bond acceptors (Lipinski definition) is 21. The number of amides is 3. The molecule has 5 aliphatic heterocycles. The molecule has 0 spiro atoms. The van der Waals surface area contributed by atoms with Crippen molar-refractivity contribution >= 4 is 67.0 Å². The molecule has 3 aromatic carbocycles. The van der Waals surface area contributed by atoms with Gasteiger partial charge in [0, 0.05) is 181 Å². The first kappa shape index (κ1) is 76.7. The fourth-order valence-electron chi connectivity index (χ4n) is 16.3. The van der Waals surface area contributed by atoms with Gasteiger partial charge in [-0.1, -0.05) is 76.9 Å². The molecule has 0 bridgehead atoms. The largest absolute Gasteiger partial charge is 0.494 e. The molecule has 5 saturated heterocycles. The van der Waals surface area contributed by atoms with Crippen molar-refractivity contribution in [1.82, 2.24) is 59.7 Å². The van der Waals surface area contributed by atoms with E-state index >= 15 is 0 Å². The zero-order valence-corrected chi connectivity index (χ0v) is 63.6. The van der Waals surface area contributed by atoms with Crippen LogP contribution in [-0.4, -0.2) is 244 Å². The molecule has 104 heavy (non-hydrogen) atoms. The van der Waals surface area contributed by atoms with Crippen LogP contribution in [0.5, 0.6) is 5.75 Å². The molecule has 0 unspecified atom stereocenters. The molecule has 6 N–H and O–H groups in total. The smallest absolute Gasteiger partial charge is 0.231 e. The highest BCUT2D eigenvalue weighted by Gasteiger charge is 2.40. The second-order valence-corrected chi connectivity index (χ2v) is 30.9. The van der Waals surface area contributed by atoms with Crippen molar-refractivity contribution in [1.29, 1.82) is 0 Å². The number of aromatic nitrogens is 6. The highest BCUT2D eigenvalue weighted by atomic mass is 79.9. The number of nitrogens with zero attached hydrogens (tertiary/aromatic N) is 14. The van der Waals surface area contributed by atoms with Crippen molar-refractivity contribution in [2.24, 2.45) is 5.73 Å². The Bertz CT molecular complexity index is 3930. The second kappa shape index (κ2) is 34.7. The Morgan fingerprint density at radius 3 is 1.41 bits per heavy atom. The lowest BCUT2D eigenvalue weighted by Crippen LogP contribution is -2.53. The van der Waals surface area contributed by atoms with Gasteiger partial charge in [0.2, 0.25) is 17.7 Å². The third kappa shape index (κ3) is 17.3. The highest BCUT2D eigenvalue weighted by Crippen LogP contribution is 2.46. The summed E-state index contributed by atoms with van der Waals surface area (Å²) in [5.41, 5.74) is 13.2. The monoisotopic (exact) mass is 1560 g/mol. The standard InChI is InChI=1S/C28H39BrN6O2.C27H36FN5O4.C21H25BrFN5O2/c1-19(2)33-10-8-32(9-11-33)17-23(21-4-6-22(29)7-5-21)28(37)35-14-12-34(13-15-35)27-25-20(3)16-24(36)26(25)30-18-31-27;1-17-13-22(34)25-24(17)26(31-16-30-25)32-7-9-33(10-8-32)27(35)20(15-29-19-5-11-37-12-6-19)18-3-4-23(36-2)21(28)14-18;1-12-8-17(29)19-18(12)20(26-11-25-19)27-4-6-28(7-5-27)21(30)15(10-24)14-3-2-13(22)9-16(14)23/h4-7,18-20,23-24,36H,8-17H2,1-3H3;3-4,14,16-17,19-20,22,29,34H,5-13,15H2,1-2H3;2-3,9,11-12,15,17,29H,4-8,10,24H2,1H3/t20-,23-,24-;17-,20-,22+;12-,15-,17+/m111/s1. The first-order valence-electron chi connectivity index (χ1n) is 36.9. The van der Waals surface area contributed by atoms with E-state index in [1.807, 2.05) is 21.9 Å². The molecule has 3 aliphatic carbocycles. The van der Waals surface area contributed by atoms with E-state index in [9.17, 15) is 38.5 Å². The second-order valence-electron chi connectivity index (χ2n) is 29.1. The Morgan fingerprint density at radius 2 is 0.990 bits per heavy atom. The molecular weight excluding hydrogens is 1460 g/mol. The maximum atomic E-state index is 14.6. The number of piperazine rings is 4. The van der Waals surface area contributed by atoms with Gasteiger partial charge in [0.05, 0.1) is 60.3 Å². The molecule has 5 fully saturated rings. The predicted molar refractivity (Wildman–Crippen MR) is 400 cm³/mol. The molecular formula is C76H100Br2F2N16O8. The van der Waals surface area contributed by atoms with Crippen molar-refractivity contribution in [3.63, 3.8) is 0 Å².